The standard InChI is InChI=1S/C14H11N5S2/c15-8-10-3-5-11(6-4-10)9-21-14-18-17-13(19(14)16)12-2-1-7-20-12/h1-7H,9,16H2. The molecule has 5 nitrogen and oxygen atoms in total. The number of thioether (sulfide) groups is 1. The summed E-state index contributed by atoms with van der Waals surface area (Å²) in [6.45, 7) is 0. The summed E-state index contributed by atoms with van der Waals surface area (Å²) in [5.41, 5.74) is 1.77. The molecule has 3 aromatic rings. The molecule has 2 N–H and O–H groups in total. The van der Waals surface area contributed by atoms with E-state index in [1.807, 2.05) is 29.6 Å². The van der Waals surface area contributed by atoms with Crippen LogP contribution in [-0.4, -0.2) is 14.9 Å². The highest BCUT2D eigenvalue weighted by atomic mass is 32.2. The van der Waals surface area contributed by atoms with Gasteiger partial charge in [0.05, 0.1) is 16.5 Å². The van der Waals surface area contributed by atoms with Crippen molar-refractivity contribution in [2.45, 2.75) is 10.9 Å². The van der Waals surface area contributed by atoms with E-state index in [4.69, 9.17) is 11.1 Å². The number of nitrogens with two attached hydrogens (primary N) is 1. The number of hydrogen-bond acceptors (Lipinski definition) is 6. The molecular weight excluding hydrogens is 302 g/mol. The predicted octanol–water partition coefficient (Wildman–Crippen LogP) is 2.88. The Bertz CT molecular complexity index is 769. The van der Waals surface area contributed by atoms with Crippen molar-refractivity contribution in [3.63, 3.8) is 0 Å². The van der Waals surface area contributed by atoms with Crippen molar-refractivity contribution >= 4 is 23.1 Å². The van der Waals surface area contributed by atoms with E-state index in [0.29, 0.717) is 16.5 Å². The molecule has 0 atom stereocenters. The van der Waals surface area contributed by atoms with Gasteiger partial charge in [-0.05, 0) is 29.1 Å². The van der Waals surface area contributed by atoms with Gasteiger partial charge in [-0.3, -0.25) is 0 Å². The van der Waals surface area contributed by atoms with E-state index in [9.17, 15) is 0 Å². The molecule has 0 aliphatic carbocycles. The smallest absolute Gasteiger partial charge is 0.210 e. The molecule has 7 heteroatoms. The third-order valence-electron chi connectivity index (χ3n) is 2.86. The first-order chi connectivity index (χ1) is 10.3. The van der Waals surface area contributed by atoms with E-state index < -0.39 is 0 Å². The third kappa shape index (κ3) is 2.91. The maximum absolute atomic E-state index is 8.77. The molecule has 0 radical (unpaired) electrons. The van der Waals surface area contributed by atoms with Crippen molar-refractivity contribution in [2.24, 2.45) is 0 Å². The zero-order valence-corrected chi connectivity index (χ0v) is 12.6. The zero-order valence-electron chi connectivity index (χ0n) is 10.9. The van der Waals surface area contributed by atoms with Gasteiger partial charge in [0.25, 0.3) is 0 Å². The van der Waals surface area contributed by atoms with Crippen LogP contribution in [0.3, 0.4) is 0 Å². The normalized spacial score (nSPS) is 10.4. The Hall–Kier alpha value is -2.30. The van der Waals surface area contributed by atoms with E-state index >= 15 is 0 Å². The van der Waals surface area contributed by atoms with Crippen molar-refractivity contribution in [1.82, 2.24) is 14.9 Å². The number of hydrogen-bond donors (Lipinski definition) is 1. The summed E-state index contributed by atoms with van der Waals surface area (Å²) in [6, 6.07) is 13.5. The Labute approximate surface area is 130 Å². The Morgan fingerprint density at radius 3 is 2.71 bits per heavy atom. The number of nitriles is 1. The van der Waals surface area contributed by atoms with Crippen LogP contribution >= 0.6 is 23.1 Å². The minimum Gasteiger partial charge on any atom is -0.335 e. The molecule has 21 heavy (non-hydrogen) atoms. The largest absolute Gasteiger partial charge is 0.335 e. The van der Waals surface area contributed by atoms with Gasteiger partial charge in [0.15, 0.2) is 5.82 Å². The molecule has 0 spiro atoms. The number of aromatic nitrogens is 3. The number of nitrogens with zero attached hydrogens (tertiary/aromatic N) is 4. The van der Waals surface area contributed by atoms with Gasteiger partial charge in [0.1, 0.15) is 0 Å². The van der Waals surface area contributed by atoms with Gasteiger partial charge >= 0.3 is 0 Å². The van der Waals surface area contributed by atoms with Crippen molar-refractivity contribution in [2.75, 3.05) is 5.84 Å². The van der Waals surface area contributed by atoms with Crippen LogP contribution < -0.4 is 5.84 Å². The highest BCUT2D eigenvalue weighted by Gasteiger charge is 2.12. The van der Waals surface area contributed by atoms with E-state index in [0.717, 1.165) is 16.2 Å². The number of thiophene rings is 1. The van der Waals surface area contributed by atoms with Gasteiger partial charge < -0.3 is 5.84 Å². The minimum absolute atomic E-state index is 0.658. The van der Waals surface area contributed by atoms with Crippen LogP contribution in [0.5, 0.6) is 0 Å². The van der Waals surface area contributed by atoms with E-state index in [1.54, 1.807) is 23.5 Å². The lowest BCUT2D eigenvalue weighted by Crippen LogP contribution is -2.11. The summed E-state index contributed by atoms with van der Waals surface area (Å²) in [7, 11) is 0. The molecule has 104 valence electrons. The average molecular weight is 313 g/mol. The van der Waals surface area contributed by atoms with Gasteiger partial charge in [-0.25, -0.2) is 4.68 Å². The molecule has 0 fully saturated rings. The Morgan fingerprint density at radius 1 is 1.24 bits per heavy atom. The summed E-state index contributed by atoms with van der Waals surface area (Å²) in [4.78, 5) is 0.996. The van der Waals surface area contributed by atoms with Crippen molar-refractivity contribution in [1.29, 1.82) is 5.26 Å². The fourth-order valence-electron chi connectivity index (χ4n) is 1.77. The summed E-state index contributed by atoms with van der Waals surface area (Å²) in [6.07, 6.45) is 0. The number of rotatable bonds is 4. The molecule has 0 bridgehead atoms. The second kappa shape index (κ2) is 5.99. The van der Waals surface area contributed by atoms with Gasteiger partial charge in [0.2, 0.25) is 5.16 Å². The SMILES string of the molecule is N#Cc1ccc(CSc2nnc(-c3cccs3)n2N)cc1. The van der Waals surface area contributed by atoms with Crippen LogP contribution in [0.2, 0.25) is 0 Å². The van der Waals surface area contributed by atoms with Crippen molar-refractivity contribution in [3.8, 4) is 16.8 Å². The summed E-state index contributed by atoms with van der Waals surface area (Å²) in [5, 5.41) is 19.7. The van der Waals surface area contributed by atoms with Gasteiger partial charge in [0, 0.05) is 5.75 Å². The summed E-state index contributed by atoms with van der Waals surface area (Å²) < 4.78 is 1.51. The van der Waals surface area contributed by atoms with E-state index in [-0.39, 0.29) is 0 Å². The lowest BCUT2D eigenvalue weighted by molar-refractivity contribution is 0.850. The summed E-state index contributed by atoms with van der Waals surface area (Å²) >= 11 is 3.10. The molecule has 0 amide bonds. The number of benzene rings is 1. The van der Waals surface area contributed by atoms with Crippen LogP contribution in [0.15, 0.2) is 46.9 Å². The lowest BCUT2D eigenvalue weighted by atomic mass is 10.2. The molecule has 0 saturated carbocycles. The third-order valence-corrected chi connectivity index (χ3v) is 4.74. The molecule has 2 heterocycles. The molecule has 0 aliphatic rings. The van der Waals surface area contributed by atoms with Crippen LogP contribution in [0, 0.1) is 11.3 Å². The topological polar surface area (TPSA) is 80.5 Å². The first-order valence-electron chi connectivity index (χ1n) is 6.14. The first kappa shape index (κ1) is 13.7. The molecule has 0 unspecified atom stereocenters. The van der Waals surface area contributed by atoms with E-state index in [1.165, 1.54) is 16.4 Å². The Balaban J connectivity index is 1.72. The molecule has 3 rings (SSSR count). The average Bonchev–Trinajstić information content (AvgIpc) is 3.15. The number of nitrogen functional groups attached to an aromatic ring is 1. The summed E-state index contributed by atoms with van der Waals surface area (Å²) in [5.74, 6) is 7.44. The van der Waals surface area contributed by atoms with Gasteiger partial charge in [-0.15, -0.1) is 21.5 Å². The molecule has 0 aliphatic heterocycles. The minimum atomic E-state index is 0.658. The molecule has 2 aromatic heterocycles. The Kier molecular flexibility index (Phi) is 3.90. The second-order valence-corrected chi connectivity index (χ2v) is 6.14. The highest BCUT2D eigenvalue weighted by molar-refractivity contribution is 7.98. The second-order valence-electron chi connectivity index (χ2n) is 4.25. The molecule has 0 saturated heterocycles. The first-order valence-corrected chi connectivity index (χ1v) is 8.00. The monoisotopic (exact) mass is 313 g/mol. The van der Waals surface area contributed by atoms with Crippen LogP contribution in [0.4, 0.5) is 0 Å². The molecule has 1 aromatic carbocycles. The lowest BCUT2D eigenvalue weighted by Gasteiger charge is -2.02. The highest BCUT2D eigenvalue weighted by Crippen LogP contribution is 2.26. The van der Waals surface area contributed by atoms with Crippen LogP contribution in [0.25, 0.3) is 10.7 Å². The fourth-order valence-corrected chi connectivity index (χ4v) is 3.29. The van der Waals surface area contributed by atoms with Crippen LogP contribution in [0.1, 0.15) is 11.1 Å². The zero-order chi connectivity index (χ0) is 14.7. The predicted molar refractivity (Wildman–Crippen MR) is 84.2 cm³/mol. The maximum atomic E-state index is 8.77. The molecular formula is C14H11N5S2. The van der Waals surface area contributed by atoms with Gasteiger partial charge in [-0.2, -0.15) is 5.26 Å². The van der Waals surface area contributed by atoms with Crippen molar-refractivity contribution < 1.29 is 0 Å². The Morgan fingerprint density at radius 2 is 2.05 bits per heavy atom. The fraction of sp³-hybridized carbons (Fsp3) is 0.0714. The van der Waals surface area contributed by atoms with Crippen molar-refractivity contribution in [3.05, 3.63) is 52.9 Å². The quantitative estimate of drug-likeness (QED) is 0.591. The van der Waals surface area contributed by atoms with Crippen LogP contribution in [-0.2, 0) is 5.75 Å². The van der Waals surface area contributed by atoms with Gasteiger partial charge in [-0.1, -0.05) is 30.0 Å². The van der Waals surface area contributed by atoms with E-state index in [2.05, 4.69) is 16.3 Å². The maximum Gasteiger partial charge on any atom is 0.210 e.